The maximum absolute atomic E-state index is 8.84. The molecule has 152 valence electrons. The standard InChI is InChI=1S/C19H38N2O3P2/c1-16(2)21(17(3)4)25(24-13-7-12-20)14-18-8-10-19(11-9-18)15-26(22-5)23-6/h16-19H,7-11,13-15H2,1-6H3. The van der Waals surface area contributed by atoms with Gasteiger partial charge in [0.15, 0.2) is 8.38 Å². The van der Waals surface area contributed by atoms with Gasteiger partial charge in [0.25, 0.3) is 0 Å². The molecule has 1 fully saturated rings. The molecule has 26 heavy (non-hydrogen) atoms. The van der Waals surface area contributed by atoms with Crippen molar-refractivity contribution < 1.29 is 13.6 Å². The van der Waals surface area contributed by atoms with Gasteiger partial charge < -0.3 is 13.6 Å². The van der Waals surface area contributed by atoms with Crippen LogP contribution in [0.2, 0.25) is 0 Å². The monoisotopic (exact) mass is 404 g/mol. The van der Waals surface area contributed by atoms with Crippen LogP contribution in [0.4, 0.5) is 0 Å². The average molecular weight is 404 g/mol. The Balaban J connectivity index is 2.58. The van der Waals surface area contributed by atoms with Gasteiger partial charge in [-0.15, -0.1) is 0 Å². The molecule has 0 amide bonds. The molecule has 5 nitrogen and oxygen atoms in total. The molecule has 0 spiro atoms. The summed E-state index contributed by atoms with van der Waals surface area (Å²) in [6, 6.07) is 3.13. The zero-order valence-electron chi connectivity index (χ0n) is 17.5. The first-order valence-electron chi connectivity index (χ1n) is 9.84. The van der Waals surface area contributed by atoms with Crippen LogP contribution in [0.25, 0.3) is 0 Å². The van der Waals surface area contributed by atoms with Crippen LogP contribution in [-0.4, -0.2) is 49.9 Å². The first-order valence-corrected chi connectivity index (χ1v) is 12.6. The summed E-state index contributed by atoms with van der Waals surface area (Å²) in [7, 11) is 2.15. The van der Waals surface area contributed by atoms with Crippen molar-refractivity contribution in [3.05, 3.63) is 0 Å². The SMILES string of the molecule is COP(CC1CCC(CP(OCCC#N)N(C(C)C)C(C)C)CC1)OC. The van der Waals surface area contributed by atoms with Gasteiger partial charge in [-0.3, -0.25) is 4.67 Å². The molecule has 1 saturated carbocycles. The Bertz CT molecular complexity index is 398. The van der Waals surface area contributed by atoms with E-state index < -0.39 is 16.7 Å². The van der Waals surface area contributed by atoms with Gasteiger partial charge in [-0.25, -0.2) is 0 Å². The van der Waals surface area contributed by atoms with Crippen LogP contribution in [-0.2, 0) is 13.6 Å². The van der Waals surface area contributed by atoms with Gasteiger partial charge in [-0.2, -0.15) is 5.26 Å². The van der Waals surface area contributed by atoms with Crippen LogP contribution in [0, 0.1) is 23.2 Å². The third-order valence-corrected chi connectivity index (χ3v) is 9.34. The molecule has 1 aliphatic carbocycles. The number of nitrogens with zero attached hydrogens (tertiary/aromatic N) is 2. The largest absolute Gasteiger partial charge is 0.342 e. The molecule has 0 heterocycles. The third kappa shape index (κ3) is 8.47. The van der Waals surface area contributed by atoms with Gasteiger partial charge in [0, 0.05) is 38.6 Å². The summed E-state index contributed by atoms with van der Waals surface area (Å²) in [6.45, 7) is 9.55. The second-order valence-electron chi connectivity index (χ2n) is 7.61. The summed E-state index contributed by atoms with van der Waals surface area (Å²) in [5, 5.41) is 8.84. The number of rotatable bonds is 12. The second-order valence-corrected chi connectivity index (χ2v) is 11.2. The van der Waals surface area contributed by atoms with E-state index >= 15 is 0 Å². The molecule has 0 aromatic carbocycles. The Morgan fingerprint density at radius 2 is 1.46 bits per heavy atom. The van der Waals surface area contributed by atoms with Crippen molar-refractivity contribution in [1.82, 2.24) is 4.67 Å². The zero-order valence-corrected chi connectivity index (χ0v) is 19.3. The molecule has 0 N–H and O–H groups in total. The van der Waals surface area contributed by atoms with E-state index in [0.29, 0.717) is 25.1 Å². The molecule has 0 aliphatic heterocycles. The molecule has 0 aromatic heterocycles. The summed E-state index contributed by atoms with van der Waals surface area (Å²) in [4.78, 5) is 0. The van der Waals surface area contributed by atoms with Crippen LogP contribution in [0.5, 0.6) is 0 Å². The lowest BCUT2D eigenvalue weighted by Gasteiger charge is -2.40. The van der Waals surface area contributed by atoms with E-state index in [1.165, 1.54) is 25.7 Å². The highest BCUT2D eigenvalue weighted by molar-refractivity contribution is 7.50. The smallest absolute Gasteiger partial charge is 0.170 e. The second kappa shape index (κ2) is 13.4. The highest BCUT2D eigenvalue weighted by Crippen LogP contribution is 2.50. The van der Waals surface area contributed by atoms with Gasteiger partial charge in [-0.1, -0.05) is 0 Å². The first-order chi connectivity index (χ1) is 12.4. The van der Waals surface area contributed by atoms with E-state index in [2.05, 4.69) is 38.4 Å². The molecule has 1 rings (SSSR count). The van der Waals surface area contributed by atoms with Crippen LogP contribution >= 0.6 is 16.7 Å². The Morgan fingerprint density at radius 1 is 0.962 bits per heavy atom. The molecule has 0 saturated heterocycles. The fraction of sp³-hybridized carbons (Fsp3) is 0.947. The minimum atomic E-state index is -0.707. The maximum atomic E-state index is 8.84. The van der Waals surface area contributed by atoms with E-state index in [0.717, 1.165) is 24.2 Å². The summed E-state index contributed by atoms with van der Waals surface area (Å²) in [5.41, 5.74) is 0. The molecule has 1 aliphatic rings. The lowest BCUT2D eigenvalue weighted by Crippen LogP contribution is -2.35. The van der Waals surface area contributed by atoms with Gasteiger partial charge in [0.05, 0.1) is 19.1 Å². The lowest BCUT2D eigenvalue weighted by atomic mass is 9.84. The van der Waals surface area contributed by atoms with Crippen LogP contribution in [0.1, 0.15) is 59.8 Å². The third-order valence-electron chi connectivity index (χ3n) is 4.97. The highest BCUT2D eigenvalue weighted by Gasteiger charge is 2.31. The Hall–Kier alpha value is 0.190. The van der Waals surface area contributed by atoms with Gasteiger partial charge >= 0.3 is 0 Å². The lowest BCUT2D eigenvalue weighted by molar-refractivity contribution is 0.243. The fourth-order valence-electron chi connectivity index (χ4n) is 3.77. The van der Waals surface area contributed by atoms with Crippen molar-refractivity contribution in [2.75, 3.05) is 33.2 Å². The molecule has 0 aromatic rings. The molecule has 0 radical (unpaired) electrons. The van der Waals surface area contributed by atoms with E-state index in [1.54, 1.807) is 14.2 Å². The van der Waals surface area contributed by atoms with E-state index in [1.807, 2.05) is 0 Å². The zero-order chi connectivity index (χ0) is 19.5. The number of hydrogen-bond acceptors (Lipinski definition) is 5. The van der Waals surface area contributed by atoms with Crippen LogP contribution in [0.3, 0.4) is 0 Å². The van der Waals surface area contributed by atoms with E-state index in [-0.39, 0.29) is 0 Å². The van der Waals surface area contributed by atoms with Crippen molar-refractivity contribution in [1.29, 1.82) is 5.26 Å². The van der Waals surface area contributed by atoms with Crippen molar-refractivity contribution in [2.24, 2.45) is 11.8 Å². The van der Waals surface area contributed by atoms with Crippen molar-refractivity contribution in [3.8, 4) is 6.07 Å². The van der Waals surface area contributed by atoms with Crippen molar-refractivity contribution >= 4 is 16.7 Å². The molecule has 1 unspecified atom stereocenters. The fourth-order valence-corrected chi connectivity index (χ4v) is 7.57. The quantitative estimate of drug-likeness (QED) is 0.306. The summed E-state index contributed by atoms with van der Waals surface area (Å²) >= 11 is 0. The molecular weight excluding hydrogens is 366 g/mol. The summed E-state index contributed by atoms with van der Waals surface area (Å²) in [5.74, 6) is 1.46. The predicted octanol–water partition coefficient (Wildman–Crippen LogP) is 5.76. The van der Waals surface area contributed by atoms with Crippen LogP contribution in [0.15, 0.2) is 0 Å². The van der Waals surface area contributed by atoms with Gasteiger partial charge in [0.1, 0.15) is 8.30 Å². The van der Waals surface area contributed by atoms with Crippen LogP contribution < -0.4 is 0 Å². The summed E-state index contributed by atoms with van der Waals surface area (Å²) < 4.78 is 19.6. The van der Waals surface area contributed by atoms with Gasteiger partial charge in [-0.05, 0) is 65.2 Å². The van der Waals surface area contributed by atoms with Crippen molar-refractivity contribution in [3.63, 3.8) is 0 Å². The number of nitriles is 1. The summed E-state index contributed by atoms with van der Waals surface area (Å²) in [6.07, 6.45) is 7.74. The normalized spacial score (nSPS) is 22.3. The topological polar surface area (TPSA) is 54.7 Å². The Kier molecular flexibility index (Phi) is 12.5. The Morgan fingerprint density at radius 3 is 1.88 bits per heavy atom. The molecule has 1 atom stereocenters. The van der Waals surface area contributed by atoms with Crippen molar-refractivity contribution in [2.45, 2.75) is 71.9 Å². The number of hydrogen-bond donors (Lipinski definition) is 0. The van der Waals surface area contributed by atoms with E-state index in [4.69, 9.17) is 18.8 Å². The molecule has 7 heteroatoms. The van der Waals surface area contributed by atoms with E-state index in [9.17, 15) is 0 Å². The minimum absolute atomic E-state index is 0.464. The van der Waals surface area contributed by atoms with Gasteiger partial charge in [0.2, 0.25) is 0 Å². The Labute approximate surface area is 163 Å². The predicted molar refractivity (Wildman–Crippen MR) is 111 cm³/mol. The molecular formula is C19H38N2O3P2. The highest BCUT2D eigenvalue weighted by atomic mass is 31.2. The average Bonchev–Trinajstić information content (AvgIpc) is 2.60. The first kappa shape index (κ1) is 24.2. The maximum Gasteiger partial charge on any atom is 0.170 e. The minimum Gasteiger partial charge on any atom is -0.342 e. The molecule has 0 bridgehead atoms.